The van der Waals surface area contributed by atoms with Crippen molar-refractivity contribution in [3.8, 4) is 5.88 Å². The number of aromatic nitrogens is 2. The number of fused-ring (bicyclic) bond motifs is 1. The summed E-state index contributed by atoms with van der Waals surface area (Å²) < 4.78 is 5.71. The first-order valence-electron chi connectivity index (χ1n) is 7.13. The van der Waals surface area contributed by atoms with E-state index in [0.717, 1.165) is 23.5 Å². The molecule has 23 heavy (non-hydrogen) atoms. The van der Waals surface area contributed by atoms with Gasteiger partial charge in [0, 0.05) is 29.7 Å². The normalized spacial score (nSPS) is 13.9. The number of hydrogen-bond acceptors (Lipinski definition) is 6. The zero-order chi connectivity index (χ0) is 16.2. The lowest BCUT2D eigenvalue weighted by Gasteiger charge is -2.14. The molecule has 1 aliphatic rings. The maximum atomic E-state index is 6.23. The highest BCUT2D eigenvalue weighted by Gasteiger charge is 2.18. The van der Waals surface area contributed by atoms with E-state index in [0.29, 0.717) is 40.8 Å². The topological polar surface area (TPSA) is 59.1 Å². The second kappa shape index (κ2) is 7.57. The minimum absolute atomic E-state index is 0.549. The summed E-state index contributed by atoms with van der Waals surface area (Å²) >= 11 is 13.6. The number of nitrogens with one attached hydrogen (secondary N) is 2. The standard InChI is InChI=1S/C15H16Cl2N4OS/c1-23-15-20-13(11-8-18-4-5-22-14(11)21-15)19-7-9-2-3-10(16)6-12(9)17/h2-3,6,18H,4-5,7-8H2,1H3,(H,19,20,21). The zero-order valence-electron chi connectivity index (χ0n) is 12.5. The molecule has 0 saturated heterocycles. The van der Waals surface area contributed by atoms with E-state index in [4.69, 9.17) is 27.9 Å². The van der Waals surface area contributed by atoms with Gasteiger partial charge in [0.2, 0.25) is 5.88 Å². The predicted molar refractivity (Wildman–Crippen MR) is 94.8 cm³/mol. The van der Waals surface area contributed by atoms with Gasteiger partial charge in [0.1, 0.15) is 12.4 Å². The Kier molecular flexibility index (Phi) is 5.48. The summed E-state index contributed by atoms with van der Waals surface area (Å²) in [5.41, 5.74) is 1.89. The molecule has 0 unspecified atom stereocenters. The smallest absolute Gasteiger partial charge is 0.224 e. The van der Waals surface area contributed by atoms with Crippen molar-refractivity contribution in [3.05, 3.63) is 39.4 Å². The summed E-state index contributed by atoms with van der Waals surface area (Å²) in [6.07, 6.45) is 1.94. The average Bonchev–Trinajstić information content (AvgIpc) is 2.79. The highest BCUT2D eigenvalue weighted by Crippen LogP contribution is 2.28. The summed E-state index contributed by atoms with van der Waals surface area (Å²) in [5.74, 6) is 1.40. The van der Waals surface area contributed by atoms with Gasteiger partial charge in [0.15, 0.2) is 5.16 Å². The van der Waals surface area contributed by atoms with Crippen molar-refractivity contribution in [1.29, 1.82) is 0 Å². The van der Waals surface area contributed by atoms with E-state index in [1.54, 1.807) is 6.07 Å². The Labute approximate surface area is 149 Å². The zero-order valence-corrected chi connectivity index (χ0v) is 14.9. The number of nitrogens with zero attached hydrogens (tertiary/aromatic N) is 2. The van der Waals surface area contributed by atoms with Crippen molar-refractivity contribution in [2.45, 2.75) is 18.2 Å². The molecule has 0 fully saturated rings. The van der Waals surface area contributed by atoms with Gasteiger partial charge in [-0.25, -0.2) is 4.98 Å². The number of ether oxygens (including phenoxy) is 1. The van der Waals surface area contributed by atoms with Crippen LogP contribution < -0.4 is 15.4 Å². The van der Waals surface area contributed by atoms with Crippen LogP contribution in [-0.2, 0) is 13.1 Å². The maximum Gasteiger partial charge on any atom is 0.224 e. The van der Waals surface area contributed by atoms with Crippen LogP contribution in [0.2, 0.25) is 10.0 Å². The molecule has 3 rings (SSSR count). The van der Waals surface area contributed by atoms with Crippen LogP contribution in [-0.4, -0.2) is 29.4 Å². The van der Waals surface area contributed by atoms with Gasteiger partial charge >= 0.3 is 0 Å². The lowest BCUT2D eigenvalue weighted by Crippen LogP contribution is -2.17. The number of benzene rings is 1. The quantitative estimate of drug-likeness (QED) is 0.633. The summed E-state index contributed by atoms with van der Waals surface area (Å²) in [7, 11) is 0. The van der Waals surface area contributed by atoms with Crippen LogP contribution in [0.3, 0.4) is 0 Å². The summed E-state index contributed by atoms with van der Waals surface area (Å²) in [5, 5.41) is 8.57. The van der Waals surface area contributed by atoms with Crippen molar-refractivity contribution in [1.82, 2.24) is 15.3 Å². The Morgan fingerprint density at radius 2 is 2.22 bits per heavy atom. The molecule has 122 valence electrons. The first-order chi connectivity index (χ1) is 11.2. The van der Waals surface area contributed by atoms with E-state index in [2.05, 4.69) is 20.6 Å². The first kappa shape index (κ1) is 16.6. The fraction of sp³-hybridized carbons (Fsp3) is 0.333. The largest absolute Gasteiger partial charge is 0.476 e. The van der Waals surface area contributed by atoms with Gasteiger partial charge in [-0.3, -0.25) is 0 Å². The first-order valence-corrected chi connectivity index (χ1v) is 9.11. The van der Waals surface area contributed by atoms with Crippen LogP contribution in [0.4, 0.5) is 5.82 Å². The molecule has 5 nitrogen and oxygen atoms in total. The molecule has 8 heteroatoms. The molecule has 2 aromatic rings. The molecule has 1 aliphatic heterocycles. The third-order valence-corrected chi connectivity index (χ3v) is 4.55. The Balaban J connectivity index is 1.86. The van der Waals surface area contributed by atoms with Crippen molar-refractivity contribution in [2.75, 3.05) is 24.7 Å². The van der Waals surface area contributed by atoms with Gasteiger partial charge in [-0.1, -0.05) is 41.0 Å². The van der Waals surface area contributed by atoms with Gasteiger partial charge in [0.05, 0.1) is 5.56 Å². The van der Waals surface area contributed by atoms with Crippen LogP contribution >= 0.6 is 35.0 Å². The van der Waals surface area contributed by atoms with Crippen LogP contribution in [0.15, 0.2) is 23.4 Å². The van der Waals surface area contributed by atoms with E-state index >= 15 is 0 Å². The van der Waals surface area contributed by atoms with Gasteiger partial charge in [-0.05, 0) is 24.0 Å². The molecule has 2 heterocycles. The monoisotopic (exact) mass is 370 g/mol. The summed E-state index contributed by atoms with van der Waals surface area (Å²) in [4.78, 5) is 9.00. The predicted octanol–water partition coefficient (Wildman–Crippen LogP) is 3.60. The van der Waals surface area contributed by atoms with Gasteiger partial charge < -0.3 is 15.4 Å². The molecule has 0 saturated carbocycles. The molecule has 0 bridgehead atoms. The number of hydrogen-bond donors (Lipinski definition) is 2. The fourth-order valence-electron chi connectivity index (χ4n) is 2.24. The van der Waals surface area contributed by atoms with Crippen molar-refractivity contribution in [2.24, 2.45) is 0 Å². The van der Waals surface area contributed by atoms with E-state index < -0.39 is 0 Å². The fourth-order valence-corrected chi connectivity index (χ4v) is 3.07. The highest BCUT2D eigenvalue weighted by molar-refractivity contribution is 7.98. The second-order valence-electron chi connectivity index (χ2n) is 4.96. The Bertz CT molecular complexity index is 714. The molecule has 0 atom stereocenters. The Morgan fingerprint density at radius 3 is 3.00 bits per heavy atom. The molecule has 0 aliphatic carbocycles. The molecular weight excluding hydrogens is 355 g/mol. The number of anilines is 1. The average molecular weight is 371 g/mol. The SMILES string of the molecule is CSc1nc(NCc2ccc(Cl)cc2Cl)c2c(n1)OCCNC2. The molecule has 0 amide bonds. The lowest BCUT2D eigenvalue weighted by atomic mass is 10.2. The number of rotatable bonds is 4. The molecule has 1 aromatic carbocycles. The molecular formula is C15H16Cl2N4OS. The Hall–Kier alpha value is -1.21. The molecule has 0 radical (unpaired) electrons. The summed E-state index contributed by atoms with van der Waals surface area (Å²) in [6, 6.07) is 5.46. The van der Waals surface area contributed by atoms with E-state index in [9.17, 15) is 0 Å². The minimum atomic E-state index is 0.549. The second-order valence-corrected chi connectivity index (χ2v) is 6.57. The third-order valence-electron chi connectivity index (χ3n) is 3.41. The van der Waals surface area contributed by atoms with Gasteiger partial charge in [-0.15, -0.1) is 0 Å². The van der Waals surface area contributed by atoms with Crippen molar-refractivity contribution in [3.63, 3.8) is 0 Å². The van der Waals surface area contributed by atoms with Crippen LogP contribution in [0.25, 0.3) is 0 Å². The van der Waals surface area contributed by atoms with Crippen LogP contribution in [0.1, 0.15) is 11.1 Å². The minimum Gasteiger partial charge on any atom is -0.476 e. The summed E-state index contributed by atoms with van der Waals surface area (Å²) in [6.45, 7) is 2.60. The lowest BCUT2D eigenvalue weighted by molar-refractivity contribution is 0.311. The molecule has 0 spiro atoms. The highest BCUT2D eigenvalue weighted by atomic mass is 35.5. The maximum absolute atomic E-state index is 6.23. The van der Waals surface area contributed by atoms with Gasteiger partial charge in [-0.2, -0.15) is 4.98 Å². The number of halogens is 2. The van der Waals surface area contributed by atoms with Gasteiger partial charge in [0.25, 0.3) is 0 Å². The molecule has 1 aromatic heterocycles. The van der Waals surface area contributed by atoms with Crippen molar-refractivity contribution >= 4 is 40.8 Å². The molecule has 2 N–H and O–H groups in total. The Morgan fingerprint density at radius 1 is 1.35 bits per heavy atom. The van der Waals surface area contributed by atoms with Crippen molar-refractivity contribution < 1.29 is 4.74 Å². The third kappa shape index (κ3) is 4.01. The van der Waals surface area contributed by atoms with Crippen LogP contribution in [0, 0.1) is 0 Å². The van der Waals surface area contributed by atoms with Crippen LogP contribution in [0.5, 0.6) is 5.88 Å². The van der Waals surface area contributed by atoms with E-state index in [1.807, 2.05) is 18.4 Å². The van der Waals surface area contributed by atoms with E-state index in [-0.39, 0.29) is 0 Å². The van der Waals surface area contributed by atoms with E-state index in [1.165, 1.54) is 11.8 Å². The number of thioether (sulfide) groups is 1.